The second-order valence-electron chi connectivity index (χ2n) is 3.81. The Kier molecular flexibility index (Phi) is 2.91. The smallest absolute Gasteiger partial charge is 0.159 e. The number of nitrogens with zero attached hydrogens (tertiary/aromatic N) is 4. The summed E-state index contributed by atoms with van der Waals surface area (Å²) in [4.78, 5) is 0. The number of rotatable bonds is 2. The van der Waals surface area contributed by atoms with Crippen LogP contribution in [0.3, 0.4) is 0 Å². The van der Waals surface area contributed by atoms with Crippen LogP contribution in [0.25, 0.3) is 5.69 Å². The monoisotopic (exact) mass is 281 g/mol. The van der Waals surface area contributed by atoms with Gasteiger partial charge in [0.05, 0.1) is 5.69 Å². The molecule has 0 spiro atoms. The Morgan fingerprint density at radius 3 is 2.75 bits per heavy atom. The first-order chi connectivity index (χ1) is 7.59. The van der Waals surface area contributed by atoms with Gasteiger partial charge in [0.25, 0.3) is 0 Å². The molecule has 0 atom stereocenters. The summed E-state index contributed by atoms with van der Waals surface area (Å²) >= 11 is 3.35. The van der Waals surface area contributed by atoms with Crippen molar-refractivity contribution in [3.8, 4) is 5.69 Å². The molecule has 1 aromatic carbocycles. The predicted molar refractivity (Wildman–Crippen MR) is 65.4 cm³/mol. The molecule has 0 aliphatic heterocycles. The third-order valence-electron chi connectivity index (χ3n) is 2.23. The van der Waals surface area contributed by atoms with Gasteiger partial charge in [0.1, 0.15) is 0 Å². The molecule has 0 saturated heterocycles. The number of halogens is 1. The van der Waals surface area contributed by atoms with E-state index in [1.807, 2.05) is 32.0 Å². The number of benzene rings is 1. The van der Waals surface area contributed by atoms with Crippen molar-refractivity contribution in [1.29, 1.82) is 0 Å². The molecule has 1 aromatic heterocycles. The van der Waals surface area contributed by atoms with E-state index in [4.69, 9.17) is 5.73 Å². The van der Waals surface area contributed by atoms with E-state index in [1.165, 1.54) is 0 Å². The standard InChI is InChI=1S/C10H12BrN5/c1-6(2)10-13-14-15-16(10)7-3-4-8(11)9(12)5-7/h3-6H,12H2,1-2H3. The fraction of sp³-hybridized carbons (Fsp3) is 0.300. The van der Waals surface area contributed by atoms with Gasteiger partial charge in [-0.3, -0.25) is 0 Å². The number of hydrogen-bond acceptors (Lipinski definition) is 4. The molecule has 0 aliphatic rings. The first-order valence-corrected chi connectivity index (χ1v) is 5.72. The zero-order valence-corrected chi connectivity index (χ0v) is 10.6. The Hall–Kier alpha value is -1.43. The van der Waals surface area contributed by atoms with E-state index < -0.39 is 0 Å². The molecule has 0 amide bonds. The van der Waals surface area contributed by atoms with Crippen molar-refractivity contribution in [2.24, 2.45) is 0 Å². The number of aromatic nitrogens is 4. The van der Waals surface area contributed by atoms with Gasteiger partial charge in [-0.05, 0) is 44.6 Å². The highest BCUT2D eigenvalue weighted by Gasteiger charge is 2.12. The molecule has 2 N–H and O–H groups in total. The number of tetrazole rings is 1. The lowest BCUT2D eigenvalue weighted by Crippen LogP contribution is -2.05. The Morgan fingerprint density at radius 2 is 2.12 bits per heavy atom. The normalized spacial score (nSPS) is 11.0. The molecule has 0 radical (unpaired) electrons. The fourth-order valence-electron chi connectivity index (χ4n) is 1.40. The minimum absolute atomic E-state index is 0.264. The summed E-state index contributed by atoms with van der Waals surface area (Å²) in [5.74, 6) is 1.08. The minimum atomic E-state index is 0.264. The molecule has 0 saturated carbocycles. The summed E-state index contributed by atoms with van der Waals surface area (Å²) < 4.78 is 2.57. The van der Waals surface area contributed by atoms with Gasteiger partial charge in [-0.15, -0.1) is 5.10 Å². The van der Waals surface area contributed by atoms with E-state index >= 15 is 0 Å². The van der Waals surface area contributed by atoms with Crippen molar-refractivity contribution in [2.75, 3.05) is 5.73 Å². The third-order valence-corrected chi connectivity index (χ3v) is 2.96. The van der Waals surface area contributed by atoms with Crippen molar-refractivity contribution in [2.45, 2.75) is 19.8 Å². The topological polar surface area (TPSA) is 69.6 Å². The lowest BCUT2D eigenvalue weighted by atomic mass is 10.2. The zero-order chi connectivity index (χ0) is 11.7. The molecule has 2 aromatic rings. The van der Waals surface area contributed by atoms with Crippen molar-refractivity contribution in [1.82, 2.24) is 20.2 Å². The van der Waals surface area contributed by atoms with E-state index in [9.17, 15) is 0 Å². The summed E-state index contributed by atoms with van der Waals surface area (Å²) in [5.41, 5.74) is 7.36. The quantitative estimate of drug-likeness (QED) is 0.857. The predicted octanol–water partition coefficient (Wildman–Crippen LogP) is 2.13. The van der Waals surface area contributed by atoms with E-state index in [-0.39, 0.29) is 5.92 Å². The maximum absolute atomic E-state index is 5.82. The van der Waals surface area contributed by atoms with Gasteiger partial charge in [-0.1, -0.05) is 13.8 Å². The van der Waals surface area contributed by atoms with Crippen LogP contribution in [0.2, 0.25) is 0 Å². The van der Waals surface area contributed by atoms with Gasteiger partial charge >= 0.3 is 0 Å². The highest BCUT2D eigenvalue weighted by molar-refractivity contribution is 9.10. The fourth-order valence-corrected chi connectivity index (χ4v) is 1.65. The summed E-state index contributed by atoms with van der Waals surface area (Å²) in [6, 6.07) is 5.64. The summed E-state index contributed by atoms with van der Waals surface area (Å²) in [6.45, 7) is 4.09. The molecule has 0 fully saturated rings. The number of nitrogen functional groups attached to an aromatic ring is 1. The molecule has 84 valence electrons. The average molecular weight is 282 g/mol. The summed E-state index contributed by atoms with van der Waals surface area (Å²) in [5, 5.41) is 11.6. The molecule has 0 aliphatic carbocycles. The molecule has 5 nitrogen and oxygen atoms in total. The van der Waals surface area contributed by atoms with Crippen LogP contribution in [0.5, 0.6) is 0 Å². The molecule has 1 heterocycles. The SMILES string of the molecule is CC(C)c1nnnn1-c1ccc(Br)c(N)c1. The Balaban J connectivity index is 2.50. The van der Waals surface area contributed by atoms with Gasteiger partial charge in [-0.25, -0.2) is 0 Å². The van der Waals surface area contributed by atoms with Crippen LogP contribution in [-0.2, 0) is 0 Å². The number of anilines is 1. The van der Waals surface area contributed by atoms with Crippen molar-refractivity contribution in [3.63, 3.8) is 0 Å². The maximum atomic E-state index is 5.82. The third kappa shape index (κ3) is 1.92. The Bertz CT molecular complexity index is 506. The highest BCUT2D eigenvalue weighted by Crippen LogP contribution is 2.23. The van der Waals surface area contributed by atoms with Gasteiger partial charge in [0, 0.05) is 16.1 Å². The van der Waals surface area contributed by atoms with Crippen molar-refractivity contribution in [3.05, 3.63) is 28.5 Å². The molecular formula is C10H12BrN5. The summed E-state index contributed by atoms with van der Waals surface area (Å²) in [7, 11) is 0. The molecule has 6 heteroatoms. The van der Waals surface area contributed by atoms with E-state index in [2.05, 4.69) is 31.5 Å². The maximum Gasteiger partial charge on any atom is 0.159 e. The Labute approximate surface area is 102 Å². The van der Waals surface area contributed by atoms with Crippen LogP contribution < -0.4 is 5.73 Å². The van der Waals surface area contributed by atoms with Crippen LogP contribution in [0.15, 0.2) is 22.7 Å². The molecule has 0 unspecified atom stereocenters. The summed E-state index contributed by atoms with van der Waals surface area (Å²) in [6.07, 6.45) is 0. The number of nitrogens with two attached hydrogens (primary N) is 1. The van der Waals surface area contributed by atoms with Gasteiger partial charge in [0.15, 0.2) is 5.82 Å². The van der Waals surface area contributed by atoms with Crippen molar-refractivity contribution >= 4 is 21.6 Å². The van der Waals surface area contributed by atoms with Gasteiger partial charge < -0.3 is 5.73 Å². The van der Waals surface area contributed by atoms with Crippen LogP contribution in [0, 0.1) is 0 Å². The van der Waals surface area contributed by atoms with Crippen molar-refractivity contribution < 1.29 is 0 Å². The van der Waals surface area contributed by atoms with Crippen LogP contribution in [-0.4, -0.2) is 20.2 Å². The molecule has 0 bridgehead atoms. The van der Waals surface area contributed by atoms with Crippen LogP contribution in [0.4, 0.5) is 5.69 Å². The lowest BCUT2D eigenvalue weighted by molar-refractivity contribution is 0.710. The average Bonchev–Trinajstić information content (AvgIpc) is 2.71. The number of hydrogen-bond donors (Lipinski definition) is 1. The second-order valence-corrected chi connectivity index (χ2v) is 4.66. The van der Waals surface area contributed by atoms with E-state index in [0.29, 0.717) is 5.69 Å². The van der Waals surface area contributed by atoms with Gasteiger partial charge in [0.2, 0.25) is 0 Å². The van der Waals surface area contributed by atoms with E-state index in [1.54, 1.807) is 4.68 Å². The second kappa shape index (κ2) is 4.21. The molecule has 2 rings (SSSR count). The molecular weight excluding hydrogens is 270 g/mol. The highest BCUT2D eigenvalue weighted by atomic mass is 79.9. The minimum Gasteiger partial charge on any atom is -0.398 e. The first kappa shape index (κ1) is 11.1. The zero-order valence-electron chi connectivity index (χ0n) is 9.05. The Morgan fingerprint density at radius 1 is 1.38 bits per heavy atom. The van der Waals surface area contributed by atoms with E-state index in [0.717, 1.165) is 16.0 Å². The molecule has 16 heavy (non-hydrogen) atoms. The van der Waals surface area contributed by atoms with Crippen LogP contribution >= 0.6 is 15.9 Å². The largest absolute Gasteiger partial charge is 0.398 e. The lowest BCUT2D eigenvalue weighted by Gasteiger charge is -2.08. The van der Waals surface area contributed by atoms with Crippen LogP contribution in [0.1, 0.15) is 25.6 Å². The van der Waals surface area contributed by atoms with Gasteiger partial charge in [-0.2, -0.15) is 4.68 Å². The first-order valence-electron chi connectivity index (χ1n) is 4.93.